The molecule has 0 atom stereocenters. The Morgan fingerprint density at radius 2 is 1.29 bits per heavy atom. The van der Waals surface area contributed by atoms with E-state index in [0.29, 0.717) is 4.68 Å². The van der Waals surface area contributed by atoms with E-state index in [1.54, 1.807) is 0 Å². The number of Topliss-reactive ketones (excluding diaryl/α,β-unsaturated/α-hetero) is 1. The second-order valence-corrected chi connectivity index (χ2v) is 8.70. The Hall–Kier alpha value is -3.03. The molecule has 0 saturated carbocycles. The Bertz CT molecular complexity index is 1350. The van der Waals surface area contributed by atoms with Crippen molar-refractivity contribution in [3.05, 3.63) is 69.0 Å². The molecular formula is C20H8Cl2F6N4O2S. The molecule has 0 radical (unpaired) electrons. The topological polar surface area (TPSA) is 68.1 Å². The van der Waals surface area contributed by atoms with Crippen molar-refractivity contribution in [1.29, 1.82) is 0 Å². The molecule has 1 amide bonds. The molecule has 0 unspecified atom stereocenters. The molecule has 0 saturated heterocycles. The van der Waals surface area contributed by atoms with Gasteiger partial charge in [0.15, 0.2) is 5.82 Å². The largest absolute Gasteiger partial charge is 0.473 e. The highest BCUT2D eigenvalue weighted by Crippen LogP contribution is 2.44. The number of rotatable bonds is 3. The van der Waals surface area contributed by atoms with Crippen LogP contribution in [0.1, 0.15) is 5.56 Å². The van der Waals surface area contributed by atoms with E-state index in [2.05, 4.69) is 10.2 Å². The summed E-state index contributed by atoms with van der Waals surface area (Å²) in [5, 5.41) is 7.13. The number of ketones is 1. The Balaban J connectivity index is 2.05. The molecule has 0 fully saturated rings. The average molecular weight is 553 g/mol. The van der Waals surface area contributed by atoms with Gasteiger partial charge in [-0.2, -0.15) is 31.0 Å². The van der Waals surface area contributed by atoms with Gasteiger partial charge in [0.2, 0.25) is 5.16 Å². The summed E-state index contributed by atoms with van der Waals surface area (Å²) >= 11 is 11.8. The standard InChI is InChI=1S/C20H8Cl2F6N4O2S/c21-11-5-1-9(2-6-11)13-14(15(33)19(23,24)25)35-18-30-29-16(10-3-7-12(22)8-4-10)32(18)31(13)17(34)20(26,27)28/h1-8H. The molecule has 15 heteroatoms. The minimum Gasteiger partial charge on any atom is -0.283 e. The van der Waals surface area contributed by atoms with Crippen LogP contribution in [0.15, 0.2) is 58.6 Å². The number of thioether (sulfide) groups is 1. The molecule has 1 aliphatic heterocycles. The number of benzene rings is 2. The van der Waals surface area contributed by atoms with Crippen LogP contribution in [0.2, 0.25) is 10.0 Å². The van der Waals surface area contributed by atoms with Crippen LogP contribution >= 0.6 is 35.0 Å². The minimum atomic E-state index is -5.55. The smallest absolute Gasteiger partial charge is 0.283 e. The second-order valence-electron chi connectivity index (χ2n) is 6.85. The first-order valence-corrected chi connectivity index (χ1v) is 10.8. The van der Waals surface area contributed by atoms with Crippen molar-refractivity contribution >= 4 is 52.4 Å². The van der Waals surface area contributed by atoms with E-state index in [9.17, 15) is 35.9 Å². The number of carbonyl (C=O) groups excluding carboxylic acids is 2. The van der Waals surface area contributed by atoms with Crippen molar-refractivity contribution in [3.8, 4) is 11.4 Å². The number of nitrogens with zero attached hydrogens (tertiary/aromatic N) is 4. The van der Waals surface area contributed by atoms with E-state index in [4.69, 9.17) is 23.2 Å². The zero-order valence-corrected chi connectivity index (χ0v) is 19.0. The summed E-state index contributed by atoms with van der Waals surface area (Å²) in [5.41, 5.74) is -1.12. The molecule has 182 valence electrons. The number of hydrogen-bond acceptors (Lipinski definition) is 5. The molecular weight excluding hydrogens is 545 g/mol. The summed E-state index contributed by atoms with van der Waals surface area (Å²) in [5.74, 6) is -5.35. The first kappa shape index (κ1) is 25.1. The van der Waals surface area contributed by atoms with Gasteiger partial charge in [0.1, 0.15) is 0 Å². The number of aromatic nitrogens is 3. The molecule has 2 aromatic carbocycles. The van der Waals surface area contributed by atoms with Crippen molar-refractivity contribution in [3.63, 3.8) is 0 Å². The number of fused-ring (bicyclic) bond motifs is 1. The van der Waals surface area contributed by atoms with Gasteiger partial charge in [-0.15, -0.1) is 10.2 Å². The third-order valence-corrected chi connectivity index (χ3v) is 6.07. The van der Waals surface area contributed by atoms with Gasteiger partial charge in [0.25, 0.3) is 5.78 Å². The molecule has 0 aliphatic carbocycles. The van der Waals surface area contributed by atoms with E-state index in [1.165, 1.54) is 36.4 Å². The van der Waals surface area contributed by atoms with Gasteiger partial charge in [-0.1, -0.05) is 35.3 Å². The predicted octanol–water partition coefficient (Wildman–Crippen LogP) is 5.88. The zero-order chi connectivity index (χ0) is 25.7. The van der Waals surface area contributed by atoms with Crippen molar-refractivity contribution in [2.24, 2.45) is 0 Å². The van der Waals surface area contributed by atoms with Crippen molar-refractivity contribution < 1.29 is 35.9 Å². The quantitative estimate of drug-likeness (QED) is 0.379. The first-order valence-electron chi connectivity index (χ1n) is 9.21. The van der Waals surface area contributed by atoms with Gasteiger partial charge in [-0.25, -0.2) is 5.01 Å². The highest BCUT2D eigenvalue weighted by Gasteiger charge is 2.51. The molecule has 6 nitrogen and oxygen atoms in total. The van der Waals surface area contributed by atoms with Crippen LogP contribution in [0.3, 0.4) is 0 Å². The zero-order valence-electron chi connectivity index (χ0n) is 16.7. The first-order chi connectivity index (χ1) is 16.3. The highest BCUT2D eigenvalue weighted by molar-refractivity contribution is 8.04. The van der Waals surface area contributed by atoms with Crippen LogP contribution in [0.4, 0.5) is 26.3 Å². The molecule has 0 spiro atoms. The van der Waals surface area contributed by atoms with Crippen LogP contribution in [0, 0.1) is 0 Å². The second kappa shape index (κ2) is 8.88. The van der Waals surface area contributed by atoms with Gasteiger partial charge in [-0.3, -0.25) is 9.59 Å². The Labute approximate surface area is 206 Å². The normalized spacial score (nSPS) is 14.2. The van der Waals surface area contributed by atoms with E-state index in [-0.39, 0.29) is 43.8 Å². The van der Waals surface area contributed by atoms with Gasteiger partial charge >= 0.3 is 18.3 Å². The van der Waals surface area contributed by atoms with E-state index >= 15 is 0 Å². The van der Waals surface area contributed by atoms with Crippen LogP contribution in [-0.4, -0.2) is 38.9 Å². The van der Waals surface area contributed by atoms with Crippen molar-refractivity contribution in [2.75, 3.05) is 5.01 Å². The van der Waals surface area contributed by atoms with Crippen LogP contribution < -0.4 is 5.01 Å². The number of carbonyl (C=O) groups is 2. The lowest BCUT2D eigenvalue weighted by Crippen LogP contribution is -2.49. The number of alkyl halides is 6. The van der Waals surface area contributed by atoms with E-state index < -0.39 is 39.8 Å². The van der Waals surface area contributed by atoms with Crippen LogP contribution in [0.5, 0.6) is 0 Å². The fourth-order valence-electron chi connectivity index (χ4n) is 3.08. The average Bonchev–Trinajstić information content (AvgIpc) is 3.20. The van der Waals surface area contributed by atoms with Crippen LogP contribution in [-0.2, 0) is 9.59 Å². The number of halogens is 8. The van der Waals surface area contributed by atoms with Gasteiger partial charge in [0.05, 0.1) is 10.6 Å². The third-order valence-electron chi connectivity index (χ3n) is 4.55. The summed E-state index contributed by atoms with van der Waals surface area (Å²) in [4.78, 5) is 23.7. The lowest BCUT2D eigenvalue weighted by molar-refractivity contribution is -0.171. The minimum absolute atomic E-state index is 0.0853. The monoisotopic (exact) mass is 552 g/mol. The van der Waals surface area contributed by atoms with Gasteiger partial charge in [-0.05, 0) is 48.2 Å². The molecule has 2 heterocycles. The molecule has 1 aliphatic rings. The maximum absolute atomic E-state index is 13.7. The van der Waals surface area contributed by atoms with Gasteiger partial charge < -0.3 is 0 Å². The maximum Gasteiger partial charge on any atom is 0.473 e. The summed E-state index contributed by atoms with van der Waals surface area (Å²) in [7, 11) is 0. The Morgan fingerprint density at radius 1 is 0.771 bits per heavy atom. The maximum atomic E-state index is 13.7. The number of allylic oxidation sites excluding steroid dienone is 1. The summed E-state index contributed by atoms with van der Waals surface area (Å²) in [6.07, 6.45) is -11.0. The lowest BCUT2D eigenvalue weighted by atomic mass is 10.1. The predicted molar refractivity (Wildman–Crippen MR) is 115 cm³/mol. The van der Waals surface area contributed by atoms with Crippen LogP contribution in [0.25, 0.3) is 17.1 Å². The summed E-state index contributed by atoms with van der Waals surface area (Å²) in [6.45, 7) is 0. The molecule has 35 heavy (non-hydrogen) atoms. The molecule has 1 aromatic heterocycles. The molecule has 0 bridgehead atoms. The van der Waals surface area contributed by atoms with Crippen molar-refractivity contribution in [2.45, 2.75) is 17.5 Å². The van der Waals surface area contributed by atoms with Crippen molar-refractivity contribution in [1.82, 2.24) is 14.9 Å². The molecule has 3 aromatic rings. The SMILES string of the molecule is O=C(C1=C(c2ccc(Cl)cc2)N(C(=O)C(F)(F)F)n2c(nnc2-c2ccc(Cl)cc2)S1)C(F)(F)F. The molecule has 0 N–H and O–H groups in total. The Kier molecular flexibility index (Phi) is 6.36. The Morgan fingerprint density at radius 3 is 1.77 bits per heavy atom. The number of amides is 1. The highest BCUT2D eigenvalue weighted by atomic mass is 35.5. The fraction of sp³-hybridized carbons (Fsp3) is 0.100. The van der Waals surface area contributed by atoms with E-state index in [1.807, 2.05) is 0 Å². The third kappa shape index (κ3) is 4.75. The summed E-state index contributed by atoms with van der Waals surface area (Å²) in [6, 6.07) is 10.0. The van der Waals surface area contributed by atoms with E-state index in [0.717, 1.165) is 12.1 Å². The fourth-order valence-corrected chi connectivity index (χ4v) is 4.36. The number of hydrogen-bond donors (Lipinski definition) is 0. The van der Waals surface area contributed by atoms with Gasteiger partial charge in [0, 0.05) is 21.2 Å². The summed E-state index contributed by atoms with van der Waals surface area (Å²) < 4.78 is 82.0. The molecule has 4 rings (SSSR count). The lowest BCUT2D eigenvalue weighted by Gasteiger charge is -2.33.